The van der Waals surface area contributed by atoms with Crippen molar-refractivity contribution in [3.63, 3.8) is 0 Å². The van der Waals surface area contributed by atoms with Gasteiger partial charge in [-0.2, -0.15) is 4.98 Å². The van der Waals surface area contributed by atoms with Crippen LogP contribution in [0.4, 0.5) is 27.9 Å². The van der Waals surface area contributed by atoms with Crippen molar-refractivity contribution in [3.05, 3.63) is 58.7 Å². The summed E-state index contributed by atoms with van der Waals surface area (Å²) in [6.45, 7) is 1.97. The van der Waals surface area contributed by atoms with Crippen molar-refractivity contribution in [2.75, 3.05) is 29.0 Å². The van der Waals surface area contributed by atoms with Gasteiger partial charge in [-0.15, -0.1) is 0 Å². The second-order valence-electron chi connectivity index (χ2n) is 7.40. The molecule has 1 aliphatic heterocycles. The second kappa shape index (κ2) is 9.73. The molecular formula is C22H23BrN6O3. The van der Waals surface area contributed by atoms with Crippen LogP contribution in [-0.4, -0.2) is 44.2 Å². The topological polar surface area (TPSA) is 123 Å². The first kappa shape index (κ1) is 21.7. The van der Waals surface area contributed by atoms with E-state index in [1.165, 1.54) is 12.1 Å². The maximum absolute atomic E-state index is 12.3. The third-order valence-corrected chi connectivity index (χ3v) is 5.59. The third kappa shape index (κ3) is 5.38. The van der Waals surface area contributed by atoms with Gasteiger partial charge in [-0.25, -0.2) is 9.78 Å². The molecule has 0 radical (unpaired) electrons. The maximum atomic E-state index is 12.3. The number of likely N-dealkylation sites (tertiary alicyclic amines) is 1. The lowest BCUT2D eigenvalue weighted by molar-refractivity contribution is 0.222. The van der Waals surface area contributed by atoms with Crippen LogP contribution in [0.5, 0.6) is 11.5 Å². The van der Waals surface area contributed by atoms with Gasteiger partial charge < -0.3 is 31.1 Å². The summed E-state index contributed by atoms with van der Waals surface area (Å²) < 4.78 is 0.678. The smallest absolute Gasteiger partial charge is 0.321 e. The molecule has 2 amide bonds. The van der Waals surface area contributed by atoms with Crippen molar-refractivity contribution in [2.24, 2.45) is 0 Å². The van der Waals surface area contributed by atoms with Gasteiger partial charge >= 0.3 is 6.03 Å². The monoisotopic (exact) mass is 498 g/mol. The number of phenolic OH excluding ortho intramolecular Hbond substituents is 2. The molecule has 0 aliphatic carbocycles. The number of hydrogen-bond donors (Lipinski definition) is 5. The van der Waals surface area contributed by atoms with Crippen molar-refractivity contribution in [3.8, 4) is 11.5 Å². The number of rotatable bonds is 6. The highest BCUT2D eigenvalue weighted by Gasteiger charge is 2.17. The first-order valence-electron chi connectivity index (χ1n) is 10.2. The van der Waals surface area contributed by atoms with Crippen LogP contribution < -0.4 is 16.0 Å². The minimum atomic E-state index is -0.176. The lowest BCUT2D eigenvalue weighted by Gasteiger charge is -2.16. The maximum Gasteiger partial charge on any atom is 0.321 e. The van der Waals surface area contributed by atoms with Crippen molar-refractivity contribution in [1.82, 2.24) is 14.9 Å². The Morgan fingerprint density at radius 2 is 1.84 bits per heavy atom. The lowest BCUT2D eigenvalue weighted by Crippen LogP contribution is -2.32. The molecule has 166 valence electrons. The Bertz CT molecular complexity index is 1120. The second-order valence-corrected chi connectivity index (χ2v) is 8.25. The Kier molecular flexibility index (Phi) is 6.60. The average Bonchev–Trinajstić information content (AvgIpc) is 3.32. The highest BCUT2D eigenvalue weighted by atomic mass is 79.9. The van der Waals surface area contributed by atoms with Gasteiger partial charge in [0.1, 0.15) is 5.82 Å². The number of carbonyl (C=O) groups excluding carboxylic acids is 1. The van der Waals surface area contributed by atoms with Gasteiger partial charge in [-0.05, 0) is 64.7 Å². The standard InChI is InChI=1S/C22H23BrN6O3/c23-17-13-25-21(28-20(17)24-12-14-6-7-18(30)19(31)10-14)26-15-4-3-5-16(11-15)27-22(32)29-8-1-2-9-29/h3-7,10-11,13,30-31H,1-2,8-9,12H2,(H,27,32)(H2,24,25,26,28). The number of anilines is 4. The van der Waals surface area contributed by atoms with Crippen LogP contribution in [0.2, 0.25) is 0 Å². The summed E-state index contributed by atoms with van der Waals surface area (Å²) >= 11 is 3.43. The fourth-order valence-electron chi connectivity index (χ4n) is 3.34. The zero-order valence-corrected chi connectivity index (χ0v) is 18.8. The molecule has 1 aromatic heterocycles. The van der Waals surface area contributed by atoms with E-state index in [4.69, 9.17) is 0 Å². The molecule has 9 nitrogen and oxygen atoms in total. The molecule has 32 heavy (non-hydrogen) atoms. The summed E-state index contributed by atoms with van der Waals surface area (Å²) in [6.07, 6.45) is 3.71. The molecule has 0 atom stereocenters. The molecule has 0 saturated carbocycles. The summed E-state index contributed by atoms with van der Waals surface area (Å²) in [5.74, 6) is 0.605. The zero-order chi connectivity index (χ0) is 22.5. The Labute approximate surface area is 193 Å². The molecule has 1 saturated heterocycles. The summed E-state index contributed by atoms with van der Waals surface area (Å²) in [5, 5.41) is 28.3. The number of carbonyl (C=O) groups is 1. The Morgan fingerprint density at radius 3 is 2.62 bits per heavy atom. The normalized spacial score (nSPS) is 13.1. The first-order chi connectivity index (χ1) is 15.5. The molecule has 0 unspecified atom stereocenters. The molecule has 1 aliphatic rings. The van der Waals surface area contributed by atoms with Crippen molar-refractivity contribution >= 4 is 45.1 Å². The Hall–Kier alpha value is -3.53. The van der Waals surface area contributed by atoms with Crippen molar-refractivity contribution in [1.29, 1.82) is 0 Å². The highest BCUT2D eigenvalue weighted by Crippen LogP contribution is 2.27. The minimum Gasteiger partial charge on any atom is -0.504 e. The van der Waals surface area contributed by atoms with Gasteiger partial charge in [-0.1, -0.05) is 12.1 Å². The number of urea groups is 1. The van der Waals surface area contributed by atoms with E-state index in [-0.39, 0.29) is 17.5 Å². The highest BCUT2D eigenvalue weighted by molar-refractivity contribution is 9.10. The van der Waals surface area contributed by atoms with E-state index in [0.717, 1.165) is 37.2 Å². The fraction of sp³-hybridized carbons (Fsp3) is 0.227. The van der Waals surface area contributed by atoms with Crippen molar-refractivity contribution < 1.29 is 15.0 Å². The molecule has 0 spiro atoms. The fourth-order valence-corrected chi connectivity index (χ4v) is 3.67. The Morgan fingerprint density at radius 1 is 1.06 bits per heavy atom. The number of halogens is 1. The lowest BCUT2D eigenvalue weighted by atomic mass is 10.2. The minimum absolute atomic E-state index is 0.0914. The molecule has 2 heterocycles. The number of hydrogen-bond acceptors (Lipinski definition) is 7. The quantitative estimate of drug-likeness (QED) is 0.314. The summed E-state index contributed by atoms with van der Waals surface area (Å²) in [7, 11) is 0. The molecule has 3 aromatic rings. The van der Waals surface area contributed by atoms with Crippen LogP contribution >= 0.6 is 15.9 Å². The molecule has 2 aromatic carbocycles. The van der Waals surface area contributed by atoms with Crippen LogP contribution in [0.15, 0.2) is 53.1 Å². The number of phenols is 2. The van der Waals surface area contributed by atoms with Crippen LogP contribution in [0.3, 0.4) is 0 Å². The largest absolute Gasteiger partial charge is 0.504 e. The molecule has 0 bridgehead atoms. The summed E-state index contributed by atoms with van der Waals surface area (Å²) in [5.41, 5.74) is 2.21. The van der Waals surface area contributed by atoms with Gasteiger partial charge in [0.25, 0.3) is 0 Å². The van der Waals surface area contributed by atoms with Crippen LogP contribution in [0, 0.1) is 0 Å². The van der Waals surface area contributed by atoms with E-state index in [1.807, 2.05) is 29.2 Å². The Balaban J connectivity index is 1.42. The number of benzene rings is 2. The number of amides is 2. The van der Waals surface area contributed by atoms with Gasteiger partial charge in [0.15, 0.2) is 11.5 Å². The number of aromatic nitrogens is 2. The van der Waals surface area contributed by atoms with E-state index < -0.39 is 0 Å². The van der Waals surface area contributed by atoms with E-state index in [9.17, 15) is 15.0 Å². The van der Waals surface area contributed by atoms with E-state index >= 15 is 0 Å². The van der Waals surface area contributed by atoms with Gasteiger partial charge in [0.2, 0.25) is 5.95 Å². The van der Waals surface area contributed by atoms with Gasteiger partial charge in [-0.3, -0.25) is 0 Å². The van der Waals surface area contributed by atoms with Crippen LogP contribution in [0.25, 0.3) is 0 Å². The molecule has 5 N–H and O–H groups in total. The molecule has 10 heteroatoms. The predicted molar refractivity (Wildman–Crippen MR) is 126 cm³/mol. The number of nitrogens with zero attached hydrogens (tertiary/aromatic N) is 3. The summed E-state index contributed by atoms with van der Waals surface area (Å²) in [6, 6.07) is 11.9. The number of aromatic hydroxyl groups is 2. The molecular weight excluding hydrogens is 476 g/mol. The molecule has 4 rings (SSSR count). The van der Waals surface area contributed by atoms with Crippen LogP contribution in [-0.2, 0) is 6.54 Å². The zero-order valence-electron chi connectivity index (χ0n) is 17.2. The third-order valence-electron chi connectivity index (χ3n) is 5.01. The molecule has 1 fully saturated rings. The van der Waals surface area contributed by atoms with Gasteiger partial charge in [0.05, 0.1) is 4.47 Å². The average molecular weight is 499 g/mol. The van der Waals surface area contributed by atoms with E-state index in [0.29, 0.717) is 28.5 Å². The SMILES string of the molecule is O=C(Nc1cccc(Nc2ncc(Br)c(NCc3ccc(O)c(O)c3)n2)c1)N1CCCC1. The van der Waals surface area contributed by atoms with Crippen LogP contribution in [0.1, 0.15) is 18.4 Å². The summed E-state index contributed by atoms with van der Waals surface area (Å²) in [4.78, 5) is 22.9. The van der Waals surface area contributed by atoms with Gasteiger partial charge in [0, 0.05) is 37.2 Å². The van der Waals surface area contributed by atoms with Crippen molar-refractivity contribution in [2.45, 2.75) is 19.4 Å². The van der Waals surface area contributed by atoms with E-state index in [1.54, 1.807) is 12.3 Å². The number of nitrogens with one attached hydrogen (secondary N) is 3. The van der Waals surface area contributed by atoms with E-state index in [2.05, 4.69) is 41.8 Å². The predicted octanol–water partition coefficient (Wildman–Crippen LogP) is 4.63. The first-order valence-corrected chi connectivity index (χ1v) is 11.0.